The van der Waals surface area contributed by atoms with Gasteiger partial charge in [-0.2, -0.15) is 0 Å². The fraction of sp³-hybridized carbons (Fsp3) is 0.923. The van der Waals surface area contributed by atoms with Crippen molar-refractivity contribution in [2.24, 2.45) is 16.4 Å². The maximum Gasteiger partial charge on any atom is 0.326 e. The first kappa shape index (κ1) is 15.8. The lowest BCUT2D eigenvalue weighted by molar-refractivity contribution is -0.150. The van der Waals surface area contributed by atoms with Crippen LogP contribution in [-0.2, 0) is 9.53 Å². The van der Waals surface area contributed by atoms with Gasteiger partial charge in [0.05, 0.1) is 7.11 Å². The molecular weight excluding hydrogens is 244 g/mol. The van der Waals surface area contributed by atoms with Crippen molar-refractivity contribution < 1.29 is 9.53 Å². The number of hydrogen-bond donors (Lipinski definition) is 1. The van der Waals surface area contributed by atoms with Gasteiger partial charge in [-0.15, -0.1) is 0 Å². The van der Waals surface area contributed by atoms with E-state index in [0.29, 0.717) is 13.1 Å². The van der Waals surface area contributed by atoms with Crippen LogP contribution in [0.5, 0.6) is 0 Å². The largest absolute Gasteiger partial charge is 0.468 e. The zero-order valence-corrected chi connectivity index (χ0v) is 12.3. The molecule has 1 aliphatic rings. The van der Waals surface area contributed by atoms with Crippen LogP contribution in [0.1, 0.15) is 40.0 Å². The maximum absolute atomic E-state index is 12.2. The van der Waals surface area contributed by atoms with Crippen LogP contribution in [0.2, 0.25) is 0 Å². The van der Waals surface area contributed by atoms with Gasteiger partial charge in [0.15, 0.2) is 0 Å². The second kappa shape index (κ2) is 6.26. The van der Waals surface area contributed by atoms with Crippen LogP contribution in [0, 0.1) is 11.3 Å². The minimum absolute atomic E-state index is 0.130. The quantitative estimate of drug-likeness (QED) is 0.264. The standard InChI is InChI=1S/C13H24N4O2/c1-10-8-12(2,3)9-13(10,11(18)19-4)15-6-5-7-16-17-14/h10,15H,5-9H2,1-4H3. The van der Waals surface area contributed by atoms with Crippen molar-refractivity contribution in [3.05, 3.63) is 10.4 Å². The molecule has 1 aliphatic carbocycles. The number of nitrogens with one attached hydrogen (secondary N) is 1. The summed E-state index contributed by atoms with van der Waals surface area (Å²) >= 11 is 0. The topological polar surface area (TPSA) is 87.1 Å². The molecule has 0 spiro atoms. The fourth-order valence-corrected chi connectivity index (χ4v) is 3.27. The van der Waals surface area contributed by atoms with Gasteiger partial charge in [0.2, 0.25) is 0 Å². The summed E-state index contributed by atoms with van der Waals surface area (Å²) in [6.07, 6.45) is 2.48. The van der Waals surface area contributed by atoms with Gasteiger partial charge < -0.3 is 10.1 Å². The van der Waals surface area contributed by atoms with Gasteiger partial charge >= 0.3 is 5.97 Å². The number of rotatable bonds is 6. The van der Waals surface area contributed by atoms with Crippen LogP contribution in [0.15, 0.2) is 5.11 Å². The number of azide groups is 1. The molecule has 0 saturated heterocycles. The Morgan fingerprint density at radius 3 is 2.74 bits per heavy atom. The highest BCUT2D eigenvalue weighted by Crippen LogP contribution is 2.47. The molecule has 0 aromatic carbocycles. The average Bonchev–Trinajstić information content (AvgIpc) is 2.58. The molecule has 0 aromatic heterocycles. The molecule has 1 N–H and O–H groups in total. The molecule has 0 aromatic rings. The highest BCUT2D eigenvalue weighted by molar-refractivity contribution is 5.81. The van der Waals surface area contributed by atoms with Gasteiger partial charge in [-0.25, -0.2) is 0 Å². The molecule has 0 bridgehead atoms. The average molecular weight is 268 g/mol. The zero-order valence-electron chi connectivity index (χ0n) is 12.3. The summed E-state index contributed by atoms with van der Waals surface area (Å²) < 4.78 is 5.00. The molecule has 0 radical (unpaired) electrons. The lowest BCUT2D eigenvalue weighted by atomic mass is 9.86. The van der Waals surface area contributed by atoms with E-state index in [1.165, 1.54) is 7.11 Å². The number of carbonyl (C=O) groups excluding carboxylic acids is 1. The third kappa shape index (κ3) is 3.61. The van der Waals surface area contributed by atoms with Crippen molar-refractivity contribution in [1.29, 1.82) is 0 Å². The van der Waals surface area contributed by atoms with E-state index >= 15 is 0 Å². The lowest BCUT2D eigenvalue weighted by Crippen LogP contribution is -2.55. The van der Waals surface area contributed by atoms with Crippen LogP contribution < -0.4 is 5.32 Å². The lowest BCUT2D eigenvalue weighted by Gasteiger charge is -2.32. The minimum Gasteiger partial charge on any atom is -0.468 e. The van der Waals surface area contributed by atoms with Crippen molar-refractivity contribution >= 4 is 5.97 Å². The second-order valence-electron chi connectivity index (χ2n) is 6.14. The highest BCUT2D eigenvalue weighted by Gasteiger charge is 2.53. The second-order valence-corrected chi connectivity index (χ2v) is 6.14. The molecule has 6 heteroatoms. The summed E-state index contributed by atoms with van der Waals surface area (Å²) in [6.45, 7) is 7.53. The third-order valence-electron chi connectivity index (χ3n) is 3.95. The molecule has 1 fully saturated rings. The number of carbonyl (C=O) groups is 1. The first-order chi connectivity index (χ1) is 8.88. The van der Waals surface area contributed by atoms with E-state index in [-0.39, 0.29) is 17.3 Å². The summed E-state index contributed by atoms with van der Waals surface area (Å²) in [7, 11) is 1.43. The number of hydrogen-bond acceptors (Lipinski definition) is 4. The van der Waals surface area contributed by atoms with Gasteiger partial charge in [0, 0.05) is 11.5 Å². The SMILES string of the molecule is COC(=O)C1(NCCCN=[N+]=[N-])CC(C)(C)CC1C. The van der Waals surface area contributed by atoms with E-state index in [9.17, 15) is 4.79 Å². The van der Waals surface area contributed by atoms with E-state index in [2.05, 4.69) is 36.1 Å². The van der Waals surface area contributed by atoms with Gasteiger partial charge in [-0.3, -0.25) is 4.79 Å². The van der Waals surface area contributed by atoms with Crippen LogP contribution in [-0.4, -0.2) is 31.7 Å². The fourth-order valence-electron chi connectivity index (χ4n) is 3.27. The van der Waals surface area contributed by atoms with Gasteiger partial charge in [-0.1, -0.05) is 25.9 Å². The van der Waals surface area contributed by atoms with Crippen LogP contribution in [0.25, 0.3) is 10.4 Å². The van der Waals surface area contributed by atoms with E-state index in [1.54, 1.807) is 0 Å². The molecule has 1 saturated carbocycles. The summed E-state index contributed by atoms with van der Waals surface area (Å²) in [5, 5.41) is 6.85. The number of methoxy groups -OCH3 is 1. The monoisotopic (exact) mass is 268 g/mol. The van der Waals surface area contributed by atoms with Gasteiger partial charge in [-0.05, 0) is 42.7 Å². The van der Waals surface area contributed by atoms with E-state index in [4.69, 9.17) is 10.3 Å². The predicted octanol–water partition coefficient (Wildman–Crippen LogP) is 2.64. The van der Waals surface area contributed by atoms with Crippen molar-refractivity contribution in [3.8, 4) is 0 Å². The summed E-state index contributed by atoms with van der Waals surface area (Å²) in [6, 6.07) is 0. The molecule has 0 amide bonds. The van der Waals surface area contributed by atoms with Gasteiger partial charge in [0.1, 0.15) is 5.54 Å². The molecule has 2 unspecified atom stereocenters. The number of esters is 1. The number of ether oxygens (including phenoxy) is 1. The van der Waals surface area contributed by atoms with E-state index in [0.717, 1.165) is 19.3 Å². The molecule has 1 rings (SSSR count). The van der Waals surface area contributed by atoms with Crippen molar-refractivity contribution in [3.63, 3.8) is 0 Å². The number of nitrogens with zero attached hydrogens (tertiary/aromatic N) is 3. The molecule has 0 aliphatic heterocycles. The van der Waals surface area contributed by atoms with Crippen molar-refractivity contribution in [1.82, 2.24) is 5.32 Å². The smallest absolute Gasteiger partial charge is 0.326 e. The Kier molecular flexibility index (Phi) is 5.20. The summed E-state index contributed by atoms with van der Waals surface area (Å²) in [5.41, 5.74) is 7.76. The maximum atomic E-state index is 12.2. The Labute approximate surface area is 114 Å². The van der Waals surface area contributed by atoms with Gasteiger partial charge in [0.25, 0.3) is 0 Å². The normalized spacial score (nSPS) is 28.7. The Hall–Kier alpha value is -1.26. The van der Waals surface area contributed by atoms with E-state index < -0.39 is 5.54 Å². The molecule has 19 heavy (non-hydrogen) atoms. The van der Waals surface area contributed by atoms with Crippen LogP contribution in [0.3, 0.4) is 0 Å². The van der Waals surface area contributed by atoms with Crippen LogP contribution >= 0.6 is 0 Å². The summed E-state index contributed by atoms with van der Waals surface area (Å²) in [5.74, 6) is 0.0452. The molecule has 108 valence electrons. The minimum atomic E-state index is -0.603. The first-order valence-electron chi connectivity index (χ1n) is 6.72. The van der Waals surface area contributed by atoms with Crippen molar-refractivity contribution in [2.75, 3.05) is 20.2 Å². The van der Waals surface area contributed by atoms with Crippen LogP contribution in [0.4, 0.5) is 0 Å². The Morgan fingerprint density at radius 1 is 1.58 bits per heavy atom. The zero-order chi connectivity index (χ0) is 14.5. The highest BCUT2D eigenvalue weighted by atomic mass is 16.5. The Bertz CT molecular complexity index is 377. The first-order valence-corrected chi connectivity index (χ1v) is 6.72. The third-order valence-corrected chi connectivity index (χ3v) is 3.95. The summed E-state index contributed by atoms with van der Waals surface area (Å²) in [4.78, 5) is 14.9. The predicted molar refractivity (Wildman–Crippen MR) is 73.6 cm³/mol. The molecule has 6 nitrogen and oxygen atoms in total. The Morgan fingerprint density at radius 2 is 2.26 bits per heavy atom. The van der Waals surface area contributed by atoms with E-state index in [1.807, 2.05) is 0 Å². The molecule has 2 atom stereocenters. The Balaban J connectivity index is 2.72. The molecule has 0 heterocycles. The molecular formula is C13H24N4O2. The van der Waals surface area contributed by atoms with Crippen molar-refractivity contribution in [2.45, 2.75) is 45.6 Å².